The van der Waals surface area contributed by atoms with Crippen molar-refractivity contribution in [2.75, 3.05) is 20.3 Å². The molecule has 4 heteroatoms. The molecular weight excluding hydrogens is 160 g/mol. The summed E-state index contributed by atoms with van der Waals surface area (Å²) >= 11 is 0. The Hall–Kier alpha value is -0.870. The molecule has 0 aliphatic carbocycles. The fraction of sp³-hybridized carbons (Fsp3) is 0.625. The van der Waals surface area contributed by atoms with Crippen LogP contribution in [0.2, 0.25) is 0 Å². The van der Waals surface area contributed by atoms with Gasteiger partial charge in [-0.25, -0.2) is 0 Å². The first kappa shape index (κ1) is 11.1. The minimum atomic E-state index is -1.28. The Morgan fingerprint density at radius 1 is 1.58 bits per heavy atom. The van der Waals surface area contributed by atoms with E-state index in [2.05, 4.69) is 6.58 Å². The van der Waals surface area contributed by atoms with Crippen LogP contribution >= 0.6 is 0 Å². The molecule has 0 aromatic carbocycles. The summed E-state index contributed by atoms with van der Waals surface area (Å²) in [6.45, 7) is 5.70. The van der Waals surface area contributed by atoms with E-state index in [-0.39, 0.29) is 5.57 Å². The molecule has 1 atom stereocenters. The van der Waals surface area contributed by atoms with Gasteiger partial charge in [-0.3, -0.25) is 0 Å². The molecule has 0 bridgehead atoms. The van der Waals surface area contributed by atoms with E-state index in [1.807, 2.05) is 0 Å². The number of aliphatic carboxylic acids is 1. The Balaban J connectivity index is 3.64. The SMILES string of the molecule is C=C(C(=O)[O-])C(C)OCCOC. The van der Waals surface area contributed by atoms with Crippen LogP contribution in [0.3, 0.4) is 0 Å². The van der Waals surface area contributed by atoms with Gasteiger partial charge in [0.2, 0.25) is 0 Å². The highest BCUT2D eigenvalue weighted by atomic mass is 16.5. The molecule has 12 heavy (non-hydrogen) atoms. The van der Waals surface area contributed by atoms with E-state index < -0.39 is 12.1 Å². The van der Waals surface area contributed by atoms with Gasteiger partial charge >= 0.3 is 0 Å². The van der Waals surface area contributed by atoms with Crippen molar-refractivity contribution in [3.8, 4) is 0 Å². The molecule has 1 unspecified atom stereocenters. The van der Waals surface area contributed by atoms with Crippen LogP contribution in [0.25, 0.3) is 0 Å². The van der Waals surface area contributed by atoms with Crippen LogP contribution in [0.15, 0.2) is 12.2 Å². The molecule has 0 radical (unpaired) electrons. The zero-order chi connectivity index (χ0) is 9.56. The lowest BCUT2D eigenvalue weighted by Gasteiger charge is -2.15. The van der Waals surface area contributed by atoms with Crippen molar-refractivity contribution < 1.29 is 19.4 Å². The fourth-order valence-electron chi connectivity index (χ4n) is 0.575. The third kappa shape index (κ3) is 4.10. The maximum Gasteiger partial charge on any atom is 0.0809 e. The molecule has 0 aliphatic rings. The molecule has 0 rings (SSSR count). The molecule has 70 valence electrons. The number of rotatable bonds is 6. The number of carboxylic acid groups (broad SMARTS) is 1. The van der Waals surface area contributed by atoms with Crippen molar-refractivity contribution in [2.45, 2.75) is 13.0 Å². The van der Waals surface area contributed by atoms with Crippen molar-refractivity contribution in [3.05, 3.63) is 12.2 Å². The van der Waals surface area contributed by atoms with Gasteiger partial charge in [-0.2, -0.15) is 0 Å². The van der Waals surface area contributed by atoms with Gasteiger partial charge < -0.3 is 19.4 Å². The van der Waals surface area contributed by atoms with Gasteiger partial charge in [0.05, 0.1) is 25.3 Å². The molecule has 0 N–H and O–H groups in total. The molecular formula is C8H13O4-. The minimum Gasteiger partial charge on any atom is -0.545 e. The molecule has 4 nitrogen and oxygen atoms in total. The number of hydrogen-bond donors (Lipinski definition) is 0. The minimum absolute atomic E-state index is 0.0499. The highest BCUT2D eigenvalue weighted by Gasteiger charge is 2.06. The topological polar surface area (TPSA) is 58.6 Å². The highest BCUT2D eigenvalue weighted by Crippen LogP contribution is 2.01. The predicted octanol–water partition coefficient (Wildman–Crippen LogP) is -0.656. The zero-order valence-corrected chi connectivity index (χ0v) is 7.33. The van der Waals surface area contributed by atoms with Gasteiger partial charge in [0.1, 0.15) is 0 Å². The van der Waals surface area contributed by atoms with Gasteiger partial charge in [-0.05, 0) is 12.5 Å². The molecule has 0 heterocycles. The normalized spacial score (nSPS) is 12.5. The second kappa shape index (κ2) is 5.74. The zero-order valence-electron chi connectivity index (χ0n) is 7.33. The summed E-state index contributed by atoms with van der Waals surface area (Å²) in [4.78, 5) is 10.3. The Kier molecular flexibility index (Phi) is 5.32. The van der Waals surface area contributed by atoms with Crippen molar-refractivity contribution in [1.29, 1.82) is 0 Å². The third-order valence-corrected chi connectivity index (χ3v) is 1.41. The molecule has 0 fully saturated rings. The maximum absolute atomic E-state index is 10.3. The lowest BCUT2D eigenvalue weighted by molar-refractivity contribution is -0.300. The molecule has 0 aliphatic heterocycles. The summed E-state index contributed by atoms with van der Waals surface area (Å²) in [5.74, 6) is -1.28. The molecule has 0 amide bonds. The largest absolute Gasteiger partial charge is 0.545 e. The Labute approximate surface area is 71.8 Å². The molecule has 0 aromatic heterocycles. The van der Waals surface area contributed by atoms with Crippen molar-refractivity contribution in [1.82, 2.24) is 0 Å². The standard InChI is InChI=1S/C8H14O4/c1-6(8(9)10)7(2)12-5-4-11-3/h7H,1,4-5H2,2-3H3,(H,9,10)/p-1. The molecule has 0 saturated heterocycles. The Morgan fingerprint density at radius 2 is 2.17 bits per heavy atom. The molecule has 0 aromatic rings. The van der Waals surface area contributed by atoms with E-state index in [1.54, 1.807) is 14.0 Å². The van der Waals surface area contributed by atoms with Crippen molar-refractivity contribution in [3.63, 3.8) is 0 Å². The van der Waals surface area contributed by atoms with Crippen LogP contribution in [-0.4, -0.2) is 32.4 Å². The van der Waals surface area contributed by atoms with Gasteiger partial charge in [0, 0.05) is 7.11 Å². The van der Waals surface area contributed by atoms with Crippen LogP contribution in [0, 0.1) is 0 Å². The van der Waals surface area contributed by atoms with Gasteiger partial charge in [0.15, 0.2) is 0 Å². The molecule has 0 spiro atoms. The van der Waals surface area contributed by atoms with Crippen molar-refractivity contribution >= 4 is 5.97 Å². The maximum atomic E-state index is 10.3. The average molecular weight is 173 g/mol. The van der Waals surface area contributed by atoms with E-state index in [4.69, 9.17) is 9.47 Å². The molecule has 0 saturated carbocycles. The fourth-order valence-corrected chi connectivity index (χ4v) is 0.575. The summed E-state index contributed by atoms with van der Waals surface area (Å²) in [6.07, 6.45) is -0.523. The van der Waals surface area contributed by atoms with E-state index >= 15 is 0 Å². The summed E-state index contributed by atoms with van der Waals surface area (Å²) in [5, 5.41) is 10.3. The Bertz CT molecular complexity index is 164. The van der Waals surface area contributed by atoms with E-state index in [9.17, 15) is 9.90 Å². The summed E-state index contributed by atoms with van der Waals surface area (Å²) in [6, 6.07) is 0. The highest BCUT2D eigenvalue weighted by molar-refractivity contribution is 5.84. The first-order chi connectivity index (χ1) is 5.59. The number of methoxy groups -OCH3 is 1. The van der Waals surface area contributed by atoms with Crippen LogP contribution in [0.4, 0.5) is 0 Å². The van der Waals surface area contributed by atoms with E-state index in [1.165, 1.54) is 0 Å². The monoisotopic (exact) mass is 173 g/mol. The summed E-state index contributed by atoms with van der Waals surface area (Å²) < 4.78 is 9.77. The van der Waals surface area contributed by atoms with Crippen LogP contribution in [-0.2, 0) is 14.3 Å². The second-order valence-corrected chi connectivity index (χ2v) is 2.32. The van der Waals surface area contributed by atoms with Crippen LogP contribution in [0.1, 0.15) is 6.92 Å². The number of carbonyl (C=O) groups excluding carboxylic acids is 1. The smallest absolute Gasteiger partial charge is 0.0809 e. The predicted molar refractivity (Wildman–Crippen MR) is 41.4 cm³/mol. The van der Waals surface area contributed by atoms with Crippen LogP contribution < -0.4 is 5.11 Å². The quantitative estimate of drug-likeness (QED) is 0.395. The Morgan fingerprint density at radius 3 is 2.58 bits per heavy atom. The van der Waals surface area contributed by atoms with Gasteiger partial charge in [-0.15, -0.1) is 0 Å². The second-order valence-electron chi connectivity index (χ2n) is 2.32. The number of hydrogen-bond acceptors (Lipinski definition) is 4. The van der Waals surface area contributed by atoms with Gasteiger partial charge in [0.25, 0.3) is 0 Å². The lowest BCUT2D eigenvalue weighted by Crippen LogP contribution is -2.30. The number of carboxylic acids is 1. The number of ether oxygens (including phenoxy) is 2. The average Bonchev–Trinajstić information content (AvgIpc) is 2.03. The first-order valence-corrected chi connectivity index (χ1v) is 3.60. The van der Waals surface area contributed by atoms with Gasteiger partial charge in [-0.1, -0.05) is 6.58 Å². The van der Waals surface area contributed by atoms with E-state index in [0.29, 0.717) is 13.2 Å². The first-order valence-electron chi connectivity index (χ1n) is 3.60. The van der Waals surface area contributed by atoms with Crippen LogP contribution in [0.5, 0.6) is 0 Å². The number of carbonyl (C=O) groups is 1. The third-order valence-electron chi connectivity index (χ3n) is 1.41. The summed E-state index contributed by atoms with van der Waals surface area (Å²) in [5.41, 5.74) is -0.0499. The summed E-state index contributed by atoms with van der Waals surface area (Å²) in [7, 11) is 1.54. The lowest BCUT2D eigenvalue weighted by atomic mass is 10.2. The van der Waals surface area contributed by atoms with Crippen molar-refractivity contribution in [2.24, 2.45) is 0 Å². The van der Waals surface area contributed by atoms with E-state index in [0.717, 1.165) is 0 Å².